The van der Waals surface area contributed by atoms with Crippen molar-refractivity contribution in [3.05, 3.63) is 52.5 Å². The Morgan fingerprint density at radius 1 is 1.32 bits per heavy atom. The highest BCUT2D eigenvalue weighted by Gasteiger charge is 2.16. The van der Waals surface area contributed by atoms with Gasteiger partial charge in [0.1, 0.15) is 11.3 Å². The molecule has 2 N–H and O–H groups in total. The second-order valence-corrected chi connectivity index (χ2v) is 5.57. The second kappa shape index (κ2) is 5.67. The zero-order valence-corrected chi connectivity index (χ0v) is 13.0. The normalized spacial score (nSPS) is 11.0. The Balaban J connectivity index is 1.66. The summed E-state index contributed by atoms with van der Waals surface area (Å²) in [5.74, 6) is 0.421. The Kier molecular flexibility index (Phi) is 3.71. The van der Waals surface area contributed by atoms with Gasteiger partial charge in [-0.1, -0.05) is 17.3 Å². The van der Waals surface area contributed by atoms with Gasteiger partial charge >= 0.3 is 0 Å². The van der Waals surface area contributed by atoms with E-state index in [2.05, 4.69) is 40.6 Å². The van der Waals surface area contributed by atoms with E-state index in [-0.39, 0.29) is 5.91 Å². The second-order valence-electron chi connectivity index (χ2n) is 5.57. The van der Waals surface area contributed by atoms with E-state index in [9.17, 15) is 4.79 Å². The highest BCUT2D eigenvalue weighted by Crippen LogP contribution is 2.19. The molecule has 3 rings (SSSR count). The molecule has 22 heavy (non-hydrogen) atoms. The van der Waals surface area contributed by atoms with Crippen molar-refractivity contribution < 1.29 is 9.32 Å². The molecular weight excluding hydrogens is 278 g/mol. The molecule has 1 amide bonds. The maximum absolute atomic E-state index is 12.2. The summed E-state index contributed by atoms with van der Waals surface area (Å²) in [7, 11) is 0. The maximum atomic E-state index is 12.2. The molecule has 5 heteroatoms. The summed E-state index contributed by atoms with van der Waals surface area (Å²) in [6.07, 6.45) is 2.78. The number of rotatable bonds is 4. The largest absolute Gasteiger partial charge is 0.361 e. The molecule has 0 aliphatic heterocycles. The lowest BCUT2D eigenvalue weighted by Crippen LogP contribution is -2.26. The summed E-state index contributed by atoms with van der Waals surface area (Å²) < 4.78 is 5.02. The van der Waals surface area contributed by atoms with Crippen molar-refractivity contribution in [1.82, 2.24) is 15.5 Å². The van der Waals surface area contributed by atoms with Crippen LogP contribution >= 0.6 is 0 Å². The molecule has 2 aromatic heterocycles. The molecular formula is C17H19N3O2. The van der Waals surface area contributed by atoms with Gasteiger partial charge in [-0.2, -0.15) is 0 Å². The number of H-pyrrole nitrogens is 1. The van der Waals surface area contributed by atoms with E-state index >= 15 is 0 Å². The molecule has 0 bridgehead atoms. The third-order valence-corrected chi connectivity index (χ3v) is 3.86. The van der Waals surface area contributed by atoms with Crippen LogP contribution in [0.1, 0.15) is 32.9 Å². The molecule has 0 saturated heterocycles. The average molecular weight is 297 g/mol. The van der Waals surface area contributed by atoms with E-state index in [0.717, 1.165) is 11.9 Å². The molecule has 3 aromatic rings. The lowest BCUT2D eigenvalue weighted by atomic mass is 10.1. The Labute approximate surface area is 128 Å². The average Bonchev–Trinajstić information content (AvgIpc) is 3.02. The first-order valence-electron chi connectivity index (χ1n) is 7.34. The molecule has 0 unspecified atom stereocenters. The number of aromatic amines is 1. The van der Waals surface area contributed by atoms with E-state index in [4.69, 9.17) is 4.52 Å². The molecule has 0 spiro atoms. The van der Waals surface area contributed by atoms with Crippen LogP contribution in [0, 0.1) is 20.8 Å². The smallest absolute Gasteiger partial charge is 0.256 e. The van der Waals surface area contributed by atoms with Crippen LogP contribution in [0.4, 0.5) is 0 Å². The molecule has 0 saturated carbocycles. The minimum Gasteiger partial charge on any atom is -0.361 e. The molecule has 0 fully saturated rings. The fraction of sp³-hybridized carbons (Fsp3) is 0.294. The number of hydrogen-bond donors (Lipinski definition) is 2. The molecule has 5 nitrogen and oxygen atoms in total. The number of carbonyl (C=O) groups excluding carboxylic acids is 1. The van der Waals surface area contributed by atoms with E-state index in [1.54, 1.807) is 13.8 Å². The zero-order valence-electron chi connectivity index (χ0n) is 13.0. The summed E-state index contributed by atoms with van der Waals surface area (Å²) >= 11 is 0. The van der Waals surface area contributed by atoms with Crippen molar-refractivity contribution in [3.63, 3.8) is 0 Å². The molecule has 114 valence electrons. The van der Waals surface area contributed by atoms with Crippen molar-refractivity contribution >= 4 is 16.8 Å². The fourth-order valence-corrected chi connectivity index (χ4v) is 2.71. The predicted octanol–water partition coefficient (Wildman–Crippen LogP) is 3.05. The van der Waals surface area contributed by atoms with Gasteiger partial charge in [0.15, 0.2) is 0 Å². The minimum atomic E-state index is -0.132. The van der Waals surface area contributed by atoms with Gasteiger partial charge in [0, 0.05) is 23.6 Å². The lowest BCUT2D eigenvalue weighted by molar-refractivity contribution is 0.0952. The number of amides is 1. The molecule has 0 radical (unpaired) electrons. The third-order valence-electron chi connectivity index (χ3n) is 3.86. The Hall–Kier alpha value is -2.56. The summed E-state index contributed by atoms with van der Waals surface area (Å²) in [5.41, 5.74) is 4.72. The van der Waals surface area contributed by atoms with Crippen LogP contribution < -0.4 is 5.32 Å². The van der Waals surface area contributed by atoms with Crippen molar-refractivity contribution in [2.75, 3.05) is 6.54 Å². The molecule has 0 aliphatic carbocycles. The Bertz CT molecular complexity index is 810. The van der Waals surface area contributed by atoms with Crippen molar-refractivity contribution in [3.8, 4) is 0 Å². The summed E-state index contributed by atoms with van der Waals surface area (Å²) in [6.45, 7) is 6.16. The highest BCUT2D eigenvalue weighted by atomic mass is 16.5. The summed E-state index contributed by atoms with van der Waals surface area (Å²) in [4.78, 5) is 15.4. The monoisotopic (exact) mass is 297 g/mol. The van der Waals surface area contributed by atoms with Gasteiger partial charge in [-0.05, 0) is 44.4 Å². The molecule has 2 heterocycles. The van der Waals surface area contributed by atoms with Gasteiger partial charge in [0.05, 0.1) is 5.69 Å². The first-order chi connectivity index (χ1) is 10.6. The zero-order chi connectivity index (χ0) is 15.7. The molecule has 0 aliphatic rings. The van der Waals surface area contributed by atoms with Crippen molar-refractivity contribution in [2.24, 2.45) is 0 Å². The van der Waals surface area contributed by atoms with Gasteiger partial charge in [-0.15, -0.1) is 0 Å². The topological polar surface area (TPSA) is 70.9 Å². The number of carbonyl (C=O) groups is 1. The van der Waals surface area contributed by atoms with Gasteiger partial charge in [0.2, 0.25) is 0 Å². The first kappa shape index (κ1) is 14.4. The van der Waals surface area contributed by atoms with Gasteiger partial charge in [-0.25, -0.2) is 0 Å². The van der Waals surface area contributed by atoms with E-state index in [0.29, 0.717) is 23.6 Å². The van der Waals surface area contributed by atoms with Crippen LogP contribution in [0.25, 0.3) is 10.9 Å². The Morgan fingerprint density at radius 2 is 2.14 bits per heavy atom. The van der Waals surface area contributed by atoms with Crippen LogP contribution in [0.3, 0.4) is 0 Å². The number of aromatic nitrogens is 2. The predicted molar refractivity (Wildman–Crippen MR) is 85.0 cm³/mol. The van der Waals surface area contributed by atoms with Gasteiger partial charge in [-0.3, -0.25) is 4.79 Å². The van der Waals surface area contributed by atoms with Crippen LogP contribution in [0.15, 0.2) is 28.9 Å². The number of nitrogens with zero attached hydrogens (tertiary/aromatic N) is 1. The van der Waals surface area contributed by atoms with Crippen molar-refractivity contribution in [1.29, 1.82) is 0 Å². The lowest BCUT2D eigenvalue weighted by Gasteiger charge is -2.04. The molecule has 1 aromatic carbocycles. The quantitative estimate of drug-likeness (QED) is 0.777. The SMILES string of the molecule is Cc1ccc2c(CCNC(=O)c3c(C)noc3C)c[nH]c2c1. The van der Waals surface area contributed by atoms with E-state index < -0.39 is 0 Å². The fourth-order valence-electron chi connectivity index (χ4n) is 2.71. The van der Waals surface area contributed by atoms with Gasteiger partial charge in [0.25, 0.3) is 5.91 Å². The van der Waals surface area contributed by atoms with Crippen LogP contribution in [-0.4, -0.2) is 22.6 Å². The number of nitrogens with one attached hydrogen (secondary N) is 2. The minimum absolute atomic E-state index is 0.132. The van der Waals surface area contributed by atoms with E-state index in [1.807, 2.05) is 6.20 Å². The standard InChI is InChI=1S/C17H19N3O2/c1-10-4-5-14-13(9-19-15(14)8-10)6-7-18-17(21)16-11(2)20-22-12(16)3/h4-5,8-9,19H,6-7H2,1-3H3,(H,18,21). The Morgan fingerprint density at radius 3 is 2.86 bits per heavy atom. The first-order valence-corrected chi connectivity index (χ1v) is 7.34. The van der Waals surface area contributed by atoms with Crippen LogP contribution in [0.2, 0.25) is 0 Å². The van der Waals surface area contributed by atoms with Crippen molar-refractivity contribution in [2.45, 2.75) is 27.2 Å². The number of hydrogen-bond acceptors (Lipinski definition) is 3. The number of benzene rings is 1. The summed E-state index contributed by atoms with van der Waals surface area (Å²) in [6, 6.07) is 6.34. The maximum Gasteiger partial charge on any atom is 0.256 e. The number of fused-ring (bicyclic) bond motifs is 1. The van der Waals surface area contributed by atoms with Crippen LogP contribution in [0.5, 0.6) is 0 Å². The van der Waals surface area contributed by atoms with Gasteiger partial charge < -0.3 is 14.8 Å². The molecule has 0 atom stereocenters. The van der Waals surface area contributed by atoms with E-state index in [1.165, 1.54) is 16.5 Å². The summed E-state index contributed by atoms with van der Waals surface area (Å²) in [5, 5.41) is 7.94. The highest BCUT2D eigenvalue weighted by molar-refractivity contribution is 5.96. The third kappa shape index (κ3) is 2.62. The van der Waals surface area contributed by atoms with Crippen LogP contribution in [-0.2, 0) is 6.42 Å². The number of aryl methyl sites for hydroxylation is 3.